The molecule has 1 nitrogen and oxygen atoms in total. The number of hydrogen-bond donors (Lipinski definition) is 1. The maximum Gasteiger partial charge on any atom is 0.124 e. The van der Waals surface area contributed by atoms with E-state index in [1.807, 2.05) is 24.3 Å². The van der Waals surface area contributed by atoms with Gasteiger partial charge in [-0.2, -0.15) is 0 Å². The third-order valence-electron chi connectivity index (χ3n) is 3.59. The number of aliphatic hydroxyl groups excluding tert-OH is 1. The van der Waals surface area contributed by atoms with Crippen LogP contribution in [0.15, 0.2) is 42.5 Å². The summed E-state index contributed by atoms with van der Waals surface area (Å²) in [4.78, 5) is 0. The zero-order valence-electron chi connectivity index (χ0n) is 12.5. The van der Waals surface area contributed by atoms with Crippen LogP contribution in [0.25, 0.3) is 0 Å². The molecule has 1 N–H and O–H groups in total. The van der Waals surface area contributed by atoms with Crippen LogP contribution < -0.4 is 0 Å². The van der Waals surface area contributed by atoms with Crippen LogP contribution in [-0.4, -0.2) is 5.11 Å². The number of benzene rings is 2. The lowest BCUT2D eigenvalue weighted by Gasteiger charge is -2.20. The van der Waals surface area contributed by atoms with Crippen molar-refractivity contribution in [2.45, 2.75) is 38.7 Å². The predicted octanol–water partition coefficient (Wildman–Crippen LogP) is 5.05. The first-order chi connectivity index (χ1) is 9.77. The maximum atomic E-state index is 13.0. The van der Waals surface area contributed by atoms with Gasteiger partial charge in [0.05, 0.1) is 6.10 Å². The van der Waals surface area contributed by atoms with Crippen LogP contribution in [0.4, 0.5) is 4.39 Å². The molecule has 0 aliphatic carbocycles. The smallest absolute Gasteiger partial charge is 0.124 e. The minimum atomic E-state index is -0.651. The molecule has 0 heterocycles. The molecule has 1 atom stereocenters. The Morgan fingerprint density at radius 2 is 1.71 bits per heavy atom. The van der Waals surface area contributed by atoms with E-state index in [2.05, 4.69) is 20.8 Å². The summed E-state index contributed by atoms with van der Waals surface area (Å²) in [6.07, 6.45) is -0.282. The van der Waals surface area contributed by atoms with Crippen LogP contribution in [0.3, 0.4) is 0 Å². The molecule has 112 valence electrons. The van der Waals surface area contributed by atoms with Gasteiger partial charge in [-0.3, -0.25) is 0 Å². The van der Waals surface area contributed by atoms with Gasteiger partial charge in [-0.15, -0.1) is 0 Å². The lowest BCUT2D eigenvalue weighted by Crippen LogP contribution is -2.11. The number of aliphatic hydroxyl groups is 1. The van der Waals surface area contributed by atoms with Gasteiger partial charge in [0.1, 0.15) is 5.82 Å². The van der Waals surface area contributed by atoms with Crippen molar-refractivity contribution in [3.63, 3.8) is 0 Å². The molecule has 2 rings (SSSR count). The molecule has 0 bridgehead atoms. The van der Waals surface area contributed by atoms with Gasteiger partial charge < -0.3 is 5.11 Å². The molecule has 21 heavy (non-hydrogen) atoms. The lowest BCUT2D eigenvalue weighted by molar-refractivity contribution is 0.178. The highest BCUT2D eigenvalue weighted by molar-refractivity contribution is 6.31. The zero-order valence-corrected chi connectivity index (χ0v) is 13.3. The van der Waals surface area contributed by atoms with Crippen LogP contribution in [0.5, 0.6) is 0 Å². The molecule has 0 aliphatic heterocycles. The van der Waals surface area contributed by atoms with Crippen LogP contribution in [-0.2, 0) is 11.8 Å². The summed E-state index contributed by atoms with van der Waals surface area (Å²) in [6.45, 7) is 6.45. The quantitative estimate of drug-likeness (QED) is 0.841. The fraction of sp³-hybridized carbons (Fsp3) is 0.333. The fourth-order valence-corrected chi connectivity index (χ4v) is 2.46. The van der Waals surface area contributed by atoms with Gasteiger partial charge in [0.15, 0.2) is 0 Å². The molecule has 0 radical (unpaired) electrons. The van der Waals surface area contributed by atoms with E-state index >= 15 is 0 Å². The normalized spacial score (nSPS) is 13.2. The summed E-state index contributed by atoms with van der Waals surface area (Å²) in [7, 11) is 0. The average molecular weight is 307 g/mol. The molecule has 2 aromatic rings. The Hall–Kier alpha value is -1.38. The van der Waals surface area contributed by atoms with Gasteiger partial charge in [0.2, 0.25) is 0 Å². The molecule has 2 aromatic carbocycles. The van der Waals surface area contributed by atoms with Crippen molar-refractivity contribution in [2.24, 2.45) is 0 Å². The van der Waals surface area contributed by atoms with Gasteiger partial charge in [-0.05, 0) is 34.2 Å². The van der Waals surface area contributed by atoms with Crippen molar-refractivity contribution in [1.29, 1.82) is 0 Å². The summed E-state index contributed by atoms with van der Waals surface area (Å²) >= 11 is 6.00. The van der Waals surface area contributed by atoms with Crippen LogP contribution >= 0.6 is 11.6 Å². The summed E-state index contributed by atoms with van der Waals surface area (Å²) in [6, 6.07) is 12.2. The Morgan fingerprint density at radius 3 is 2.24 bits per heavy atom. The monoisotopic (exact) mass is 306 g/mol. The standard InChI is InChI=1S/C18H20ClFO/c1-18(2,3)14-7-4-12(5-8-14)17(21)10-13-6-9-15(20)11-16(13)19/h4-9,11,17,21H,10H2,1-3H3. The van der Waals surface area contributed by atoms with E-state index < -0.39 is 6.10 Å². The molecule has 0 spiro atoms. The summed E-state index contributed by atoms with van der Waals surface area (Å²) in [5.74, 6) is -0.368. The Balaban J connectivity index is 2.15. The largest absolute Gasteiger partial charge is 0.388 e. The average Bonchev–Trinajstić information content (AvgIpc) is 2.41. The molecule has 0 fully saturated rings. The molecule has 3 heteroatoms. The van der Waals surface area contributed by atoms with Gasteiger partial charge >= 0.3 is 0 Å². The fourth-order valence-electron chi connectivity index (χ4n) is 2.22. The highest BCUT2D eigenvalue weighted by Gasteiger charge is 2.15. The Morgan fingerprint density at radius 1 is 1.10 bits per heavy atom. The minimum Gasteiger partial charge on any atom is -0.388 e. The summed E-state index contributed by atoms with van der Waals surface area (Å²) < 4.78 is 13.0. The maximum absolute atomic E-state index is 13.0. The third kappa shape index (κ3) is 4.05. The Bertz CT molecular complexity index is 614. The molecule has 0 saturated carbocycles. The first kappa shape index (κ1) is 16.0. The SMILES string of the molecule is CC(C)(C)c1ccc(C(O)Cc2ccc(F)cc2Cl)cc1. The van der Waals surface area contributed by atoms with Gasteiger partial charge in [-0.1, -0.05) is 62.7 Å². The van der Waals surface area contributed by atoms with Crippen molar-refractivity contribution in [2.75, 3.05) is 0 Å². The molecular weight excluding hydrogens is 287 g/mol. The summed E-state index contributed by atoms with van der Waals surface area (Å²) in [5, 5.41) is 10.7. The molecule has 0 saturated heterocycles. The zero-order chi connectivity index (χ0) is 15.6. The van der Waals surface area contributed by atoms with Crippen LogP contribution in [0, 0.1) is 5.82 Å². The topological polar surface area (TPSA) is 20.2 Å². The van der Waals surface area contributed by atoms with E-state index in [0.29, 0.717) is 11.4 Å². The van der Waals surface area contributed by atoms with Crippen LogP contribution in [0.1, 0.15) is 43.6 Å². The number of halogens is 2. The van der Waals surface area contributed by atoms with Crippen molar-refractivity contribution >= 4 is 11.6 Å². The molecule has 0 amide bonds. The summed E-state index contributed by atoms with van der Waals surface area (Å²) in [5.41, 5.74) is 2.89. The second-order valence-electron chi connectivity index (χ2n) is 6.33. The third-order valence-corrected chi connectivity index (χ3v) is 3.94. The highest BCUT2D eigenvalue weighted by atomic mass is 35.5. The first-order valence-electron chi connectivity index (χ1n) is 7.00. The van der Waals surface area contributed by atoms with E-state index in [0.717, 1.165) is 11.1 Å². The van der Waals surface area contributed by atoms with E-state index in [4.69, 9.17) is 11.6 Å². The van der Waals surface area contributed by atoms with E-state index in [-0.39, 0.29) is 11.2 Å². The number of hydrogen-bond acceptors (Lipinski definition) is 1. The molecule has 0 aromatic heterocycles. The Kier molecular flexibility index (Phi) is 4.70. The molecule has 1 unspecified atom stereocenters. The van der Waals surface area contributed by atoms with Crippen molar-refractivity contribution in [3.05, 3.63) is 70.0 Å². The number of rotatable bonds is 3. The lowest BCUT2D eigenvalue weighted by atomic mass is 9.86. The second-order valence-corrected chi connectivity index (χ2v) is 6.73. The Labute approximate surface area is 130 Å². The van der Waals surface area contributed by atoms with Crippen molar-refractivity contribution < 1.29 is 9.50 Å². The van der Waals surface area contributed by atoms with E-state index in [1.165, 1.54) is 17.7 Å². The van der Waals surface area contributed by atoms with E-state index in [1.54, 1.807) is 6.07 Å². The first-order valence-corrected chi connectivity index (χ1v) is 7.37. The van der Waals surface area contributed by atoms with Gasteiger partial charge in [0.25, 0.3) is 0 Å². The van der Waals surface area contributed by atoms with Crippen molar-refractivity contribution in [1.82, 2.24) is 0 Å². The van der Waals surface area contributed by atoms with Crippen LogP contribution in [0.2, 0.25) is 5.02 Å². The van der Waals surface area contributed by atoms with Crippen molar-refractivity contribution in [3.8, 4) is 0 Å². The minimum absolute atomic E-state index is 0.0871. The predicted molar refractivity (Wildman–Crippen MR) is 85.2 cm³/mol. The second kappa shape index (κ2) is 6.17. The van der Waals surface area contributed by atoms with Gasteiger partial charge in [0, 0.05) is 11.4 Å². The van der Waals surface area contributed by atoms with E-state index in [9.17, 15) is 9.50 Å². The molecular formula is C18H20ClFO. The highest BCUT2D eigenvalue weighted by Crippen LogP contribution is 2.27. The van der Waals surface area contributed by atoms with Gasteiger partial charge in [-0.25, -0.2) is 4.39 Å². The molecule has 0 aliphatic rings.